The van der Waals surface area contributed by atoms with Crippen LogP contribution in [-0.2, 0) is 21.7 Å². The number of benzene rings is 14. The predicted octanol–water partition coefficient (Wildman–Crippen LogP) is 25.9. The van der Waals surface area contributed by atoms with Gasteiger partial charge < -0.3 is 0 Å². The second-order valence-electron chi connectivity index (χ2n) is 33.2. The van der Waals surface area contributed by atoms with Crippen LogP contribution in [-0.4, -0.2) is 44.9 Å². The van der Waals surface area contributed by atoms with Gasteiger partial charge in [-0.15, -0.1) is 0 Å². The number of aromatic nitrogens is 2. The van der Waals surface area contributed by atoms with E-state index in [1.807, 2.05) is 131 Å². The normalized spacial score (nSPS) is 15.9. The van der Waals surface area contributed by atoms with Crippen molar-refractivity contribution in [3.8, 4) is 67.0 Å². The van der Waals surface area contributed by atoms with Crippen molar-refractivity contribution >= 4 is 147 Å². The van der Waals surface area contributed by atoms with Gasteiger partial charge in [0.1, 0.15) is 0 Å². The van der Waals surface area contributed by atoms with Crippen molar-refractivity contribution in [2.45, 2.75) is 105 Å². The van der Waals surface area contributed by atoms with Crippen LogP contribution < -0.4 is 26.2 Å². The van der Waals surface area contributed by atoms with Gasteiger partial charge in [0.15, 0.2) is 0 Å². The standard InChI is InChI=1S/C104H87BN4Se2/c1-101(2,3)70-53-68(54-71(57-70)102(4,5)6)69-55-90-96-91(56-69)109(98-82(66-37-21-15-22-38-66)60-73(104(10,11)12)61-83(98)67-39-23-16-24-40-67)89-63-75(107-87-46-30-26-42-77(87)95-79-44-28-32-48-93(79)111-100(95)107)50-52-85(89)105(96)84-51-49-74(106-86-45-29-25-41-76(86)94-78-43-27-31-47-92(78)110-99(94)106)62-88(84)108(90)97-80(64-33-17-13-18-34-64)58-72(103(7,8)9)59-81(97)65-35-19-14-20-36-65/h13-63H,1-12H3/i25D,26D,27D,28D,29D,30D,31D,32D,41D,42D,43D,44D,45D,46D,47D,48D,49D,50D,51D,52D,62D,63D. The summed E-state index contributed by atoms with van der Waals surface area (Å²) in [5, 5.41) is -0.182. The fraction of sp³-hybridized carbons (Fsp3) is 0.154. The molecule has 0 amide bonds. The number of anilines is 6. The molecule has 20 rings (SSSR count). The molecule has 0 saturated heterocycles. The molecule has 0 bridgehead atoms. The number of rotatable bonds is 9. The van der Waals surface area contributed by atoms with Gasteiger partial charge in [-0.25, -0.2) is 0 Å². The van der Waals surface area contributed by atoms with Gasteiger partial charge in [-0.2, -0.15) is 0 Å². The molecular formula is C104H87BN4Se2. The molecule has 14 aromatic carbocycles. The van der Waals surface area contributed by atoms with Crippen molar-refractivity contribution in [2.75, 3.05) is 9.80 Å². The van der Waals surface area contributed by atoms with Crippen LogP contribution in [0.5, 0.6) is 0 Å². The molecule has 538 valence electrons. The predicted molar refractivity (Wildman–Crippen MR) is 480 cm³/mol. The molecule has 7 heteroatoms. The summed E-state index contributed by atoms with van der Waals surface area (Å²) in [6, 6.07) is 46.1. The summed E-state index contributed by atoms with van der Waals surface area (Å²) >= 11 is -2.47. The molecule has 111 heavy (non-hydrogen) atoms. The van der Waals surface area contributed by atoms with Crippen LogP contribution in [0.25, 0.3) is 128 Å². The van der Waals surface area contributed by atoms with Gasteiger partial charge in [-0.3, -0.25) is 0 Å². The first-order valence-electron chi connectivity index (χ1n) is 48.5. The van der Waals surface area contributed by atoms with E-state index in [0.29, 0.717) is 78.3 Å². The quantitative estimate of drug-likeness (QED) is 0.134. The van der Waals surface area contributed by atoms with E-state index in [0.717, 1.165) is 27.8 Å². The van der Waals surface area contributed by atoms with Gasteiger partial charge in [0.25, 0.3) is 0 Å². The molecule has 0 aliphatic carbocycles. The Labute approximate surface area is 695 Å². The van der Waals surface area contributed by atoms with E-state index in [-0.39, 0.29) is 106 Å². The van der Waals surface area contributed by atoms with Crippen LogP contribution in [0.3, 0.4) is 0 Å². The Morgan fingerprint density at radius 2 is 0.622 bits per heavy atom. The van der Waals surface area contributed by atoms with E-state index in [1.165, 1.54) is 9.13 Å². The summed E-state index contributed by atoms with van der Waals surface area (Å²) in [6.07, 6.45) is 0. The summed E-state index contributed by atoms with van der Waals surface area (Å²) < 4.78 is 227. The number of fused-ring (bicyclic) bond motifs is 14. The zero-order chi connectivity index (χ0) is 94.9. The molecular weight excluding hydrogens is 1470 g/mol. The molecule has 0 N–H and O–H groups in total. The van der Waals surface area contributed by atoms with Gasteiger partial charge in [0, 0.05) is 0 Å². The summed E-state index contributed by atoms with van der Waals surface area (Å²) in [4.78, 5) is 3.99. The average molecular weight is 1580 g/mol. The third kappa shape index (κ3) is 11.3. The Bertz CT molecular complexity index is 7610. The van der Waals surface area contributed by atoms with Crippen LogP contribution in [0.15, 0.2) is 309 Å². The number of hydrogen-bond donors (Lipinski definition) is 0. The number of nitrogens with zero attached hydrogens (tertiary/aromatic N) is 4. The molecule has 4 nitrogen and oxygen atoms in total. The van der Waals surface area contributed by atoms with Crippen molar-refractivity contribution in [3.05, 3.63) is 331 Å². The van der Waals surface area contributed by atoms with E-state index in [4.69, 9.17) is 5.48 Å². The zero-order valence-corrected chi connectivity index (χ0v) is 66.9. The first-order chi connectivity index (χ1) is 62.8. The Morgan fingerprint density at radius 1 is 0.306 bits per heavy atom. The maximum absolute atomic E-state index is 12.1. The summed E-state index contributed by atoms with van der Waals surface area (Å²) in [5.74, 6) is 0. The third-order valence-corrected chi connectivity index (χ3v) is 26.6. The summed E-state index contributed by atoms with van der Waals surface area (Å²) in [7, 11) is 0. The van der Waals surface area contributed by atoms with Crippen LogP contribution in [0.4, 0.5) is 34.1 Å². The topological polar surface area (TPSA) is 16.3 Å². The molecule has 0 unspecified atom stereocenters. The number of hydrogen-bond acceptors (Lipinski definition) is 2. The van der Waals surface area contributed by atoms with E-state index in [9.17, 15) is 24.7 Å². The molecule has 0 saturated carbocycles. The molecule has 4 aromatic heterocycles. The SMILES string of the molecule is [2H]c1c([2H])c(-n2c3[se]c4c([2H])c([2H])c([2H])c([2H])c4c3c3c([2H])c([2H])c([2H])c([2H])c32)c([2H])c2c1B1c3c(cc(-c4cc(C(C)(C)C)cc(C(C)(C)C)c4)cc3N(c3c(-c4ccccc4)cc(C(C)(C)C)cc3-c3ccccc3)c3c([2H])c(-n4c5[se]c6c([2H])c([2H])c([2H])c([2H])c6c5c5c([2H])c([2H])c([2H])c([2H])c54)c([2H])c([2H])c31)N2c1c(-c2ccccc2)cc(C(C)(C)C)cc1-c1ccccc1. The summed E-state index contributed by atoms with van der Waals surface area (Å²) in [5.41, 5.74) is 8.72. The Balaban J connectivity index is 1.09. The van der Waals surface area contributed by atoms with E-state index < -0.39 is 178 Å². The van der Waals surface area contributed by atoms with E-state index >= 15 is 0 Å². The molecule has 6 heterocycles. The monoisotopic (exact) mass is 1580 g/mol. The van der Waals surface area contributed by atoms with Crippen LogP contribution in [0, 0.1) is 0 Å². The zero-order valence-electron chi connectivity index (χ0n) is 85.4. The maximum atomic E-state index is 12.1. The van der Waals surface area contributed by atoms with Gasteiger partial charge >= 0.3 is 640 Å². The average Bonchev–Trinajstić information content (AvgIpc) is 1.46. The molecule has 0 radical (unpaired) electrons. The second kappa shape index (κ2) is 25.7. The molecule has 2 aliphatic rings. The van der Waals surface area contributed by atoms with Crippen molar-refractivity contribution < 1.29 is 30.2 Å². The first kappa shape index (κ1) is 49.2. The van der Waals surface area contributed by atoms with Crippen molar-refractivity contribution in [1.82, 2.24) is 9.13 Å². The van der Waals surface area contributed by atoms with Crippen molar-refractivity contribution in [1.29, 1.82) is 0 Å². The Hall–Kier alpha value is -11.1. The van der Waals surface area contributed by atoms with Gasteiger partial charge in [0.05, 0.1) is 0 Å². The van der Waals surface area contributed by atoms with Crippen LogP contribution >= 0.6 is 0 Å². The molecule has 2 aliphatic heterocycles. The molecule has 0 fully saturated rings. The van der Waals surface area contributed by atoms with Crippen LogP contribution in [0.2, 0.25) is 0 Å². The van der Waals surface area contributed by atoms with Gasteiger partial charge in [0.2, 0.25) is 0 Å². The minimum absolute atomic E-state index is 0.00585. The Morgan fingerprint density at radius 3 is 0.973 bits per heavy atom. The molecule has 0 atom stereocenters. The van der Waals surface area contributed by atoms with Gasteiger partial charge in [-0.05, 0) is 10.8 Å². The second-order valence-corrected chi connectivity index (χ2v) is 37.4. The molecule has 18 aromatic rings. The van der Waals surface area contributed by atoms with E-state index in [2.05, 4.69) is 138 Å². The van der Waals surface area contributed by atoms with Gasteiger partial charge in [-0.1, -0.05) is 47.6 Å². The Kier molecular flexibility index (Phi) is 11.4. The molecule has 0 spiro atoms. The van der Waals surface area contributed by atoms with Crippen molar-refractivity contribution in [2.24, 2.45) is 0 Å². The third-order valence-electron chi connectivity index (χ3n) is 22.1. The fourth-order valence-electron chi connectivity index (χ4n) is 16.3. The van der Waals surface area contributed by atoms with Crippen LogP contribution in [0.1, 0.15) is 135 Å². The summed E-state index contributed by atoms with van der Waals surface area (Å²) in [6.45, 7) is 24.1. The van der Waals surface area contributed by atoms with E-state index in [1.54, 1.807) is 0 Å². The fourth-order valence-corrected chi connectivity index (χ4v) is 21.1. The number of para-hydroxylation sites is 2. The first-order valence-corrected chi connectivity index (χ1v) is 40.9. The van der Waals surface area contributed by atoms with Crippen molar-refractivity contribution in [3.63, 3.8) is 0 Å². The minimum atomic E-state index is -1.61.